The van der Waals surface area contributed by atoms with E-state index in [0.717, 1.165) is 12.1 Å². The number of nitrogens with zero attached hydrogens (tertiary/aromatic N) is 2. The Labute approximate surface area is 68.3 Å². The Kier molecular flexibility index (Phi) is 2.32. The Morgan fingerprint density at radius 2 is 2.00 bits per heavy atom. The van der Waals surface area contributed by atoms with Gasteiger partial charge >= 0.3 is 0 Å². The molecule has 0 aliphatic heterocycles. The molecule has 0 radical (unpaired) electrons. The maximum atomic E-state index is 4.46. The molecule has 0 unspecified atom stereocenters. The van der Waals surface area contributed by atoms with Gasteiger partial charge in [0.25, 0.3) is 0 Å². The van der Waals surface area contributed by atoms with Gasteiger partial charge in [-0.05, 0) is 20.3 Å². The molecular formula is C9H16N2. The lowest BCUT2D eigenvalue weighted by molar-refractivity contribution is 0.745. The molecule has 0 aliphatic rings. The summed E-state index contributed by atoms with van der Waals surface area (Å²) in [6, 6.07) is 0. The smallest absolute Gasteiger partial charge is 0.108 e. The number of aromatic nitrogens is 2. The van der Waals surface area contributed by atoms with E-state index in [9.17, 15) is 0 Å². The maximum absolute atomic E-state index is 4.46. The van der Waals surface area contributed by atoms with Gasteiger partial charge in [0.05, 0.1) is 5.69 Å². The summed E-state index contributed by atoms with van der Waals surface area (Å²) < 4.78 is 2.18. The molecule has 1 aromatic heterocycles. The molecule has 2 heteroatoms. The third-order valence-corrected chi connectivity index (χ3v) is 2.18. The van der Waals surface area contributed by atoms with E-state index in [-0.39, 0.29) is 0 Å². The van der Waals surface area contributed by atoms with Crippen LogP contribution in [0.3, 0.4) is 0 Å². The Balaban J connectivity index is 2.98. The van der Waals surface area contributed by atoms with Crippen LogP contribution in [0.1, 0.15) is 30.6 Å². The molecule has 0 saturated carbocycles. The van der Waals surface area contributed by atoms with E-state index in [1.807, 2.05) is 0 Å². The van der Waals surface area contributed by atoms with E-state index < -0.39 is 0 Å². The average molecular weight is 152 g/mol. The molecule has 2 nitrogen and oxygen atoms in total. The Hall–Kier alpha value is -0.790. The minimum Gasteiger partial charge on any atom is -0.335 e. The first-order chi connectivity index (χ1) is 5.16. The predicted molar refractivity (Wildman–Crippen MR) is 46.7 cm³/mol. The molecule has 0 fully saturated rings. The number of rotatable bonds is 2. The van der Waals surface area contributed by atoms with Gasteiger partial charge in [0.1, 0.15) is 5.82 Å². The van der Waals surface area contributed by atoms with E-state index in [0.29, 0.717) is 0 Å². The zero-order chi connectivity index (χ0) is 8.43. The van der Waals surface area contributed by atoms with Crippen molar-refractivity contribution >= 4 is 0 Å². The van der Waals surface area contributed by atoms with Crippen LogP contribution in [-0.4, -0.2) is 9.55 Å². The van der Waals surface area contributed by atoms with Gasteiger partial charge in [-0.25, -0.2) is 4.98 Å². The van der Waals surface area contributed by atoms with Crippen molar-refractivity contribution in [2.45, 2.75) is 33.6 Å². The van der Waals surface area contributed by atoms with Crippen LogP contribution in [0.5, 0.6) is 0 Å². The summed E-state index contributed by atoms with van der Waals surface area (Å²) in [5, 5.41) is 0. The van der Waals surface area contributed by atoms with Gasteiger partial charge in [-0.2, -0.15) is 0 Å². The van der Waals surface area contributed by atoms with Crippen LogP contribution in [0.2, 0.25) is 0 Å². The van der Waals surface area contributed by atoms with Crippen LogP contribution in [0.4, 0.5) is 0 Å². The first kappa shape index (κ1) is 8.31. The Bertz CT molecular complexity index is 248. The SMILES string of the molecule is CCCc1nc(C)c(C)n1C. The summed E-state index contributed by atoms with van der Waals surface area (Å²) >= 11 is 0. The quantitative estimate of drug-likeness (QED) is 0.633. The van der Waals surface area contributed by atoms with Crippen molar-refractivity contribution in [2.24, 2.45) is 7.05 Å². The second-order valence-corrected chi connectivity index (χ2v) is 3.01. The lowest BCUT2D eigenvalue weighted by atomic mass is 10.3. The van der Waals surface area contributed by atoms with Crippen LogP contribution >= 0.6 is 0 Å². The van der Waals surface area contributed by atoms with Crippen LogP contribution in [0.15, 0.2) is 0 Å². The van der Waals surface area contributed by atoms with Gasteiger partial charge in [0.2, 0.25) is 0 Å². The maximum Gasteiger partial charge on any atom is 0.108 e. The fourth-order valence-electron chi connectivity index (χ4n) is 1.23. The molecule has 1 aromatic rings. The number of hydrogen-bond acceptors (Lipinski definition) is 1. The van der Waals surface area contributed by atoms with Crippen molar-refractivity contribution in [2.75, 3.05) is 0 Å². The van der Waals surface area contributed by atoms with Crippen molar-refractivity contribution in [1.82, 2.24) is 9.55 Å². The Morgan fingerprint density at radius 3 is 2.36 bits per heavy atom. The third kappa shape index (κ3) is 1.44. The molecule has 0 saturated heterocycles. The fraction of sp³-hybridized carbons (Fsp3) is 0.667. The highest BCUT2D eigenvalue weighted by molar-refractivity contribution is 5.13. The third-order valence-electron chi connectivity index (χ3n) is 2.18. The van der Waals surface area contributed by atoms with E-state index in [1.54, 1.807) is 0 Å². The molecule has 0 aliphatic carbocycles. The molecule has 1 heterocycles. The van der Waals surface area contributed by atoms with Crippen LogP contribution in [0, 0.1) is 13.8 Å². The summed E-state index contributed by atoms with van der Waals surface area (Å²) in [5.41, 5.74) is 2.45. The summed E-state index contributed by atoms with van der Waals surface area (Å²) in [4.78, 5) is 4.46. The summed E-state index contributed by atoms with van der Waals surface area (Å²) in [6.45, 7) is 6.36. The minimum atomic E-state index is 1.09. The summed E-state index contributed by atoms with van der Waals surface area (Å²) in [6.07, 6.45) is 2.26. The number of hydrogen-bond donors (Lipinski definition) is 0. The Morgan fingerprint density at radius 1 is 1.36 bits per heavy atom. The molecule has 0 atom stereocenters. The van der Waals surface area contributed by atoms with E-state index in [1.165, 1.54) is 17.9 Å². The average Bonchev–Trinajstić information content (AvgIpc) is 2.19. The van der Waals surface area contributed by atoms with Crippen LogP contribution in [-0.2, 0) is 13.5 Å². The first-order valence-corrected chi connectivity index (χ1v) is 4.15. The molecule has 62 valence electrons. The highest BCUT2D eigenvalue weighted by Crippen LogP contribution is 2.08. The molecular weight excluding hydrogens is 136 g/mol. The van der Waals surface area contributed by atoms with Crippen molar-refractivity contribution < 1.29 is 0 Å². The van der Waals surface area contributed by atoms with Crippen molar-refractivity contribution in [1.29, 1.82) is 0 Å². The van der Waals surface area contributed by atoms with Crippen LogP contribution < -0.4 is 0 Å². The van der Waals surface area contributed by atoms with Gasteiger partial charge in [0.15, 0.2) is 0 Å². The van der Waals surface area contributed by atoms with E-state index in [2.05, 4.69) is 37.4 Å². The second kappa shape index (κ2) is 3.07. The van der Waals surface area contributed by atoms with Crippen LogP contribution in [0.25, 0.3) is 0 Å². The lowest BCUT2D eigenvalue weighted by Crippen LogP contribution is -1.98. The highest BCUT2D eigenvalue weighted by atomic mass is 15.1. The molecule has 0 bridgehead atoms. The second-order valence-electron chi connectivity index (χ2n) is 3.01. The predicted octanol–water partition coefficient (Wildman–Crippen LogP) is 1.99. The van der Waals surface area contributed by atoms with E-state index in [4.69, 9.17) is 0 Å². The first-order valence-electron chi connectivity index (χ1n) is 4.15. The number of imidazole rings is 1. The zero-order valence-electron chi connectivity index (χ0n) is 7.81. The van der Waals surface area contributed by atoms with Crippen molar-refractivity contribution in [3.8, 4) is 0 Å². The van der Waals surface area contributed by atoms with E-state index >= 15 is 0 Å². The molecule has 11 heavy (non-hydrogen) atoms. The normalized spacial score (nSPS) is 10.5. The van der Waals surface area contributed by atoms with Gasteiger partial charge < -0.3 is 4.57 Å². The van der Waals surface area contributed by atoms with Gasteiger partial charge in [-0.1, -0.05) is 6.92 Å². The molecule has 0 amide bonds. The molecule has 1 rings (SSSR count). The largest absolute Gasteiger partial charge is 0.335 e. The molecule has 0 aromatic carbocycles. The van der Waals surface area contributed by atoms with Gasteiger partial charge in [-0.3, -0.25) is 0 Å². The summed E-state index contributed by atoms with van der Waals surface area (Å²) in [7, 11) is 2.08. The highest BCUT2D eigenvalue weighted by Gasteiger charge is 2.05. The van der Waals surface area contributed by atoms with Crippen molar-refractivity contribution in [3.05, 3.63) is 17.2 Å². The fourth-order valence-corrected chi connectivity index (χ4v) is 1.23. The topological polar surface area (TPSA) is 17.8 Å². The summed E-state index contributed by atoms with van der Waals surface area (Å²) in [5.74, 6) is 1.21. The molecule has 0 N–H and O–H groups in total. The zero-order valence-corrected chi connectivity index (χ0v) is 7.81. The molecule has 0 spiro atoms. The standard InChI is InChI=1S/C9H16N2/c1-5-6-9-10-7(2)8(3)11(9)4/h5-6H2,1-4H3. The monoisotopic (exact) mass is 152 g/mol. The van der Waals surface area contributed by atoms with Crippen molar-refractivity contribution in [3.63, 3.8) is 0 Å². The lowest BCUT2D eigenvalue weighted by Gasteiger charge is -1.99. The van der Waals surface area contributed by atoms with Gasteiger partial charge in [-0.15, -0.1) is 0 Å². The number of aryl methyl sites for hydroxylation is 2. The van der Waals surface area contributed by atoms with Gasteiger partial charge in [0, 0.05) is 19.2 Å². The minimum absolute atomic E-state index is 1.09.